The van der Waals surface area contributed by atoms with Crippen molar-refractivity contribution in [3.8, 4) is 11.5 Å². The van der Waals surface area contributed by atoms with Gasteiger partial charge in [0, 0.05) is 0 Å². The summed E-state index contributed by atoms with van der Waals surface area (Å²) in [5, 5.41) is 14.2. The molecule has 2 N–H and O–H groups in total. The van der Waals surface area contributed by atoms with Crippen molar-refractivity contribution in [3.05, 3.63) is 59.2 Å². The first-order chi connectivity index (χ1) is 10.7. The zero-order valence-corrected chi connectivity index (χ0v) is 12.9. The lowest BCUT2D eigenvalue weighted by molar-refractivity contribution is 0.125. The van der Waals surface area contributed by atoms with Gasteiger partial charge in [-0.05, 0) is 41.8 Å². The van der Waals surface area contributed by atoms with Crippen LogP contribution >= 0.6 is 0 Å². The van der Waals surface area contributed by atoms with Crippen LogP contribution in [-0.4, -0.2) is 25.9 Å². The molecule has 4 nitrogen and oxygen atoms in total. The third kappa shape index (κ3) is 2.67. The summed E-state index contributed by atoms with van der Waals surface area (Å²) in [6.07, 6.45) is 0.312. The van der Waals surface area contributed by atoms with Crippen LogP contribution < -0.4 is 14.8 Å². The normalized spacial score (nSPS) is 18.4. The number of aliphatic hydroxyl groups excluding tert-OH is 1. The number of hydrogen-bond acceptors (Lipinski definition) is 4. The van der Waals surface area contributed by atoms with E-state index in [1.807, 2.05) is 42.5 Å². The van der Waals surface area contributed by atoms with E-state index in [1.165, 1.54) is 5.56 Å². The lowest BCUT2D eigenvalue weighted by Crippen LogP contribution is -2.34. The summed E-state index contributed by atoms with van der Waals surface area (Å²) in [5.74, 6) is 1.42. The maximum Gasteiger partial charge on any atom is 0.161 e. The van der Waals surface area contributed by atoms with E-state index in [0.717, 1.165) is 29.8 Å². The molecule has 22 heavy (non-hydrogen) atoms. The van der Waals surface area contributed by atoms with Crippen molar-refractivity contribution >= 4 is 0 Å². The third-order valence-corrected chi connectivity index (χ3v) is 4.20. The number of ether oxygens (including phenoxy) is 2. The van der Waals surface area contributed by atoms with Gasteiger partial charge in [-0.2, -0.15) is 0 Å². The van der Waals surface area contributed by atoms with Crippen LogP contribution in [0.5, 0.6) is 11.5 Å². The first kappa shape index (κ1) is 14.9. The number of benzene rings is 2. The van der Waals surface area contributed by atoms with Gasteiger partial charge < -0.3 is 19.9 Å². The van der Waals surface area contributed by atoms with Crippen LogP contribution in [0, 0.1) is 0 Å². The fourth-order valence-electron chi connectivity index (χ4n) is 3.04. The Kier molecular flexibility index (Phi) is 4.32. The average molecular weight is 299 g/mol. The van der Waals surface area contributed by atoms with Crippen LogP contribution in [0.25, 0.3) is 0 Å². The molecule has 4 heteroatoms. The Hall–Kier alpha value is -2.04. The SMILES string of the molecule is COc1cc2c(cc1OC)C([C@H](O)c1ccccc1)NCC2. The molecule has 0 spiro atoms. The maximum absolute atomic E-state index is 10.7. The van der Waals surface area contributed by atoms with Crippen molar-refractivity contribution in [1.29, 1.82) is 0 Å². The Morgan fingerprint density at radius 3 is 2.45 bits per heavy atom. The lowest BCUT2D eigenvalue weighted by Gasteiger charge is -2.31. The summed E-state index contributed by atoms with van der Waals surface area (Å²) in [6.45, 7) is 0.830. The van der Waals surface area contributed by atoms with Crippen molar-refractivity contribution < 1.29 is 14.6 Å². The molecule has 2 atom stereocenters. The second-order valence-electron chi connectivity index (χ2n) is 5.44. The highest BCUT2D eigenvalue weighted by molar-refractivity contribution is 5.50. The number of methoxy groups -OCH3 is 2. The predicted molar refractivity (Wildman–Crippen MR) is 85.4 cm³/mol. The molecule has 0 aliphatic carbocycles. The summed E-state index contributed by atoms with van der Waals surface area (Å²) in [6, 6.07) is 13.6. The molecule has 1 aliphatic rings. The fourth-order valence-corrected chi connectivity index (χ4v) is 3.04. The Morgan fingerprint density at radius 1 is 1.09 bits per heavy atom. The Labute approximate surface area is 130 Å². The van der Waals surface area contributed by atoms with E-state index in [4.69, 9.17) is 9.47 Å². The van der Waals surface area contributed by atoms with Crippen molar-refractivity contribution in [2.75, 3.05) is 20.8 Å². The van der Waals surface area contributed by atoms with Gasteiger partial charge in [-0.3, -0.25) is 0 Å². The molecule has 1 aliphatic heterocycles. The molecular weight excluding hydrogens is 278 g/mol. The molecule has 0 aromatic heterocycles. The lowest BCUT2D eigenvalue weighted by atomic mass is 9.88. The molecule has 0 saturated carbocycles. The van der Waals surface area contributed by atoms with Gasteiger partial charge in [0.05, 0.1) is 26.4 Å². The number of hydrogen-bond donors (Lipinski definition) is 2. The third-order valence-electron chi connectivity index (χ3n) is 4.20. The van der Waals surface area contributed by atoms with Gasteiger partial charge in [0.25, 0.3) is 0 Å². The molecule has 116 valence electrons. The molecule has 3 rings (SSSR count). The van der Waals surface area contributed by atoms with E-state index in [2.05, 4.69) is 5.32 Å². The minimum absolute atomic E-state index is 0.147. The summed E-state index contributed by atoms with van der Waals surface area (Å²) in [7, 11) is 3.27. The average Bonchev–Trinajstić information content (AvgIpc) is 2.60. The first-order valence-corrected chi connectivity index (χ1v) is 7.45. The minimum atomic E-state index is -0.599. The molecular formula is C18H21NO3. The highest BCUT2D eigenvalue weighted by Crippen LogP contribution is 2.39. The number of rotatable bonds is 4. The Bertz CT molecular complexity index is 642. The molecule has 1 heterocycles. The van der Waals surface area contributed by atoms with Gasteiger partial charge in [0.1, 0.15) is 0 Å². The molecule has 0 saturated heterocycles. The van der Waals surface area contributed by atoms with Crippen molar-refractivity contribution in [1.82, 2.24) is 5.32 Å². The largest absolute Gasteiger partial charge is 0.493 e. The minimum Gasteiger partial charge on any atom is -0.493 e. The first-order valence-electron chi connectivity index (χ1n) is 7.45. The van der Waals surface area contributed by atoms with E-state index < -0.39 is 6.10 Å². The molecule has 1 unspecified atom stereocenters. The monoisotopic (exact) mass is 299 g/mol. The van der Waals surface area contributed by atoms with Crippen molar-refractivity contribution in [3.63, 3.8) is 0 Å². The summed E-state index contributed by atoms with van der Waals surface area (Å²) >= 11 is 0. The maximum atomic E-state index is 10.7. The van der Waals surface area contributed by atoms with Gasteiger partial charge in [0.2, 0.25) is 0 Å². The van der Waals surface area contributed by atoms with Crippen LogP contribution in [0.4, 0.5) is 0 Å². The summed E-state index contributed by atoms with van der Waals surface area (Å²) in [4.78, 5) is 0. The van der Waals surface area contributed by atoms with Crippen LogP contribution in [0.3, 0.4) is 0 Å². The van der Waals surface area contributed by atoms with Gasteiger partial charge in [-0.1, -0.05) is 30.3 Å². The molecule has 0 fully saturated rings. The smallest absolute Gasteiger partial charge is 0.161 e. The standard InChI is InChI=1S/C18H21NO3/c1-21-15-10-13-8-9-19-17(14(13)11-16(15)22-2)18(20)12-6-4-3-5-7-12/h3-7,10-11,17-20H,8-9H2,1-2H3/t17?,18-/m1/s1. The zero-order valence-electron chi connectivity index (χ0n) is 12.9. The summed E-state index contributed by atoms with van der Waals surface area (Å²) < 4.78 is 10.8. The van der Waals surface area contributed by atoms with E-state index in [1.54, 1.807) is 14.2 Å². The van der Waals surface area contributed by atoms with Crippen molar-refractivity contribution in [2.24, 2.45) is 0 Å². The van der Waals surface area contributed by atoms with E-state index in [-0.39, 0.29) is 6.04 Å². The van der Waals surface area contributed by atoms with E-state index in [9.17, 15) is 5.11 Å². The van der Waals surface area contributed by atoms with Gasteiger partial charge in [-0.15, -0.1) is 0 Å². The number of fused-ring (bicyclic) bond motifs is 1. The van der Waals surface area contributed by atoms with Crippen LogP contribution in [0.2, 0.25) is 0 Å². The Morgan fingerprint density at radius 2 is 1.77 bits per heavy atom. The number of aliphatic hydroxyl groups is 1. The van der Waals surface area contributed by atoms with Gasteiger partial charge >= 0.3 is 0 Å². The molecule has 2 aromatic rings. The molecule has 0 bridgehead atoms. The highest BCUT2D eigenvalue weighted by Gasteiger charge is 2.28. The molecule has 0 radical (unpaired) electrons. The predicted octanol–water partition coefficient (Wildman–Crippen LogP) is 2.62. The van der Waals surface area contributed by atoms with E-state index >= 15 is 0 Å². The molecule has 0 amide bonds. The summed E-state index contributed by atoms with van der Waals surface area (Å²) in [5.41, 5.74) is 3.17. The van der Waals surface area contributed by atoms with E-state index in [0.29, 0.717) is 5.75 Å². The topological polar surface area (TPSA) is 50.7 Å². The fraction of sp³-hybridized carbons (Fsp3) is 0.333. The van der Waals surface area contributed by atoms with Gasteiger partial charge in [0.15, 0.2) is 11.5 Å². The number of nitrogens with one attached hydrogen (secondary N) is 1. The van der Waals surface area contributed by atoms with Gasteiger partial charge in [-0.25, -0.2) is 0 Å². The zero-order chi connectivity index (χ0) is 15.5. The van der Waals surface area contributed by atoms with Crippen LogP contribution in [0.15, 0.2) is 42.5 Å². The Balaban J connectivity index is 2.00. The second-order valence-corrected chi connectivity index (χ2v) is 5.44. The van der Waals surface area contributed by atoms with Crippen LogP contribution in [0.1, 0.15) is 28.8 Å². The highest BCUT2D eigenvalue weighted by atomic mass is 16.5. The quantitative estimate of drug-likeness (QED) is 0.911. The second kappa shape index (κ2) is 6.38. The van der Waals surface area contributed by atoms with Crippen LogP contribution in [-0.2, 0) is 6.42 Å². The van der Waals surface area contributed by atoms with Crippen molar-refractivity contribution in [2.45, 2.75) is 18.6 Å². The molecule has 2 aromatic carbocycles.